The highest BCUT2D eigenvalue weighted by atomic mass is 16.4. The van der Waals surface area contributed by atoms with Gasteiger partial charge in [0, 0.05) is 11.8 Å². The smallest absolute Gasteiger partial charge is 0.335 e. The molecule has 7 nitrogen and oxygen atoms in total. The normalized spacial score (nSPS) is 13.7. The second-order valence-corrected chi connectivity index (χ2v) is 5.66. The first-order valence-electron chi connectivity index (χ1n) is 7.89. The van der Waals surface area contributed by atoms with Crippen molar-refractivity contribution < 1.29 is 24.6 Å². The minimum absolute atomic E-state index is 0.0435. The van der Waals surface area contributed by atoms with Crippen LogP contribution in [0.2, 0.25) is 0 Å². The summed E-state index contributed by atoms with van der Waals surface area (Å²) in [6.07, 6.45) is 1.20. The summed E-state index contributed by atoms with van der Waals surface area (Å²) in [5, 5.41) is 20.9. The molecule has 0 saturated heterocycles. The Labute approximate surface area is 149 Å². The highest BCUT2D eigenvalue weighted by Gasteiger charge is 2.30. The number of nitrogens with zero attached hydrogens (tertiary/aromatic N) is 1. The van der Waals surface area contributed by atoms with Crippen LogP contribution in [0.1, 0.15) is 10.4 Å². The zero-order chi connectivity index (χ0) is 18.7. The summed E-state index contributed by atoms with van der Waals surface area (Å²) >= 11 is 0. The van der Waals surface area contributed by atoms with Crippen LogP contribution in [0, 0.1) is 0 Å². The molecular weight excluding hydrogens is 336 g/mol. The van der Waals surface area contributed by atoms with Crippen LogP contribution in [-0.2, 0) is 9.59 Å². The van der Waals surface area contributed by atoms with Crippen LogP contribution in [0.25, 0.3) is 11.1 Å². The van der Waals surface area contributed by atoms with Crippen LogP contribution in [0.15, 0.2) is 60.3 Å². The number of carboxylic acid groups (broad SMARTS) is 1. The van der Waals surface area contributed by atoms with Gasteiger partial charge in [-0.1, -0.05) is 24.3 Å². The molecule has 26 heavy (non-hydrogen) atoms. The van der Waals surface area contributed by atoms with E-state index in [4.69, 9.17) is 10.2 Å². The van der Waals surface area contributed by atoms with Gasteiger partial charge in [0.05, 0.1) is 18.7 Å². The van der Waals surface area contributed by atoms with E-state index in [1.807, 2.05) is 6.07 Å². The quantitative estimate of drug-likeness (QED) is 0.683. The van der Waals surface area contributed by atoms with E-state index >= 15 is 0 Å². The molecule has 0 spiro atoms. The number of carbonyl (C=O) groups excluding carboxylic acids is 2. The van der Waals surface area contributed by atoms with Gasteiger partial charge in [0.25, 0.3) is 11.8 Å². The Morgan fingerprint density at radius 2 is 1.77 bits per heavy atom. The molecule has 1 heterocycles. The fraction of sp³-hybridized carbons (Fsp3) is 0.105. The van der Waals surface area contributed by atoms with Crippen molar-refractivity contribution in [3.8, 4) is 11.1 Å². The first-order chi connectivity index (χ1) is 12.5. The molecule has 3 rings (SSSR count). The van der Waals surface area contributed by atoms with E-state index in [9.17, 15) is 14.4 Å². The van der Waals surface area contributed by atoms with Crippen molar-refractivity contribution in [3.05, 3.63) is 65.9 Å². The molecule has 1 aliphatic heterocycles. The topological polar surface area (TPSA) is 107 Å². The van der Waals surface area contributed by atoms with E-state index < -0.39 is 17.8 Å². The summed E-state index contributed by atoms with van der Waals surface area (Å²) in [5.41, 5.74) is 2.54. The average Bonchev–Trinajstić information content (AvgIpc) is 2.90. The highest BCUT2D eigenvalue weighted by Crippen LogP contribution is 2.24. The number of rotatable bonds is 6. The van der Waals surface area contributed by atoms with Gasteiger partial charge in [0.2, 0.25) is 0 Å². The number of aromatic carboxylic acids is 1. The minimum Gasteiger partial charge on any atom is -0.478 e. The molecule has 7 heteroatoms. The molecule has 0 radical (unpaired) electrons. The number of imide groups is 1. The largest absolute Gasteiger partial charge is 0.478 e. The molecule has 0 fully saturated rings. The molecular formula is C19H16N2O5. The summed E-state index contributed by atoms with van der Waals surface area (Å²) < 4.78 is 0. The Bertz CT molecular complexity index is 902. The Hall–Kier alpha value is -3.45. The number of nitrogens with one attached hydrogen (secondary N) is 1. The zero-order valence-corrected chi connectivity index (χ0v) is 13.7. The summed E-state index contributed by atoms with van der Waals surface area (Å²) in [7, 11) is 0. The van der Waals surface area contributed by atoms with Crippen LogP contribution < -0.4 is 5.32 Å². The van der Waals surface area contributed by atoms with Crippen LogP contribution >= 0.6 is 0 Å². The molecule has 2 amide bonds. The van der Waals surface area contributed by atoms with Crippen molar-refractivity contribution in [3.63, 3.8) is 0 Å². The maximum absolute atomic E-state index is 12.1. The number of amides is 2. The van der Waals surface area contributed by atoms with E-state index in [1.54, 1.807) is 36.4 Å². The number of benzene rings is 2. The van der Waals surface area contributed by atoms with Gasteiger partial charge in [0.15, 0.2) is 0 Å². The third-order valence-corrected chi connectivity index (χ3v) is 3.94. The number of hydrogen-bond acceptors (Lipinski definition) is 5. The standard InChI is InChI=1S/C19H16N2O5/c22-9-8-21-17(23)11-16(18(21)24)20-15-6-4-12(5-7-15)13-2-1-3-14(10-13)19(25)26/h1-7,10-11,20,22H,8-9H2,(H,25,26). The predicted octanol–water partition coefficient (Wildman–Crippen LogP) is 1.71. The number of hydrogen-bond donors (Lipinski definition) is 3. The number of β-amino-alcohol motifs (C(OH)–C–C–N with tert-alkyl or cyclic N) is 1. The van der Waals surface area contributed by atoms with Crippen molar-refractivity contribution in [1.82, 2.24) is 4.90 Å². The summed E-state index contributed by atoms with van der Waals surface area (Å²) in [6, 6.07) is 13.6. The summed E-state index contributed by atoms with van der Waals surface area (Å²) in [5.74, 6) is -1.94. The van der Waals surface area contributed by atoms with Crippen molar-refractivity contribution in [2.24, 2.45) is 0 Å². The Morgan fingerprint density at radius 3 is 2.42 bits per heavy atom. The molecule has 0 aromatic heterocycles. The van der Waals surface area contributed by atoms with Crippen molar-refractivity contribution >= 4 is 23.5 Å². The van der Waals surface area contributed by atoms with Gasteiger partial charge in [-0.15, -0.1) is 0 Å². The van der Waals surface area contributed by atoms with Crippen LogP contribution in [-0.4, -0.2) is 46.0 Å². The molecule has 0 bridgehead atoms. The van der Waals surface area contributed by atoms with E-state index in [0.717, 1.165) is 16.0 Å². The van der Waals surface area contributed by atoms with Gasteiger partial charge >= 0.3 is 5.97 Å². The van der Waals surface area contributed by atoms with E-state index in [-0.39, 0.29) is 24.4 Å². The van der Waals surface area contributed by atoms with Gasteiger partial charge < -0.3 is 15.5 Å². The monoisotopic (exact) mass is 352 g/mol. The predicted molar refractivity (Wildman–Crippen MR) is 94.3 cm³/mol. The van der Waals surface area contributed by atoms with Gasteiger partial charge in [-0.25, -0.2) is 4.79 Å². The number of anilines is 1. The van der Waals surface area contributed by atoms with Crippen LogP contribution in [0.4, 0.5) is 5.69 Å². The maximum atomic E-state index is 12.1. The first kappa shape index (κ1) is 17.4. The zero-order valence-electron chi connectivity index (χ0n) is 13.7. The molecule has 3 N–H and O–H groups in total. The lowest BCUT2D eigenvalue weighted by atomic mass is 10.0. The lowest BCUT2D eigenvalue weighted by Crippen LogP contribution is -2.34. The van der Waals surface area contributed by atoms with Crippen molar-refractivity contribution in [2.75, 3.05) is 18.5 Å². The van der Waals surface area contributed by atoms with E-state index in [1.165, 1.54) is 12.1 Å². The third-order valence-electron chi connectivity index (χ3n) is 3.94. The average molecular weight is 352 g/mol. The molecule has 0 unspecified atom stereocenters. The lowest BCUT2D eigenvalue weighted by molar-refractivity contribution is -0.137. The molecule has 0 atom stereocenters. The number of carbonyl (C=O) groups is 3. The summed E-state index contributed by atoms with van der Waals surface area (Å²) in [6.45, 7) is -0.332. The van der Waals surface area contributed by atoms with E-state index in [0.29, 0.717) is 5.69 Å². The molecule has 1 aliphatic rings. The van der Waals surface area contributed by atoms with Gasteiger partial charge in [0.1, 0.15) is 5.70 Å². The van der Waals surface area contributed by atoms with E-state index in [2.05, 4.69) is 5.32 Å². The van der Waals surface area contributed by atoms with Crippen LogP contribution in [0.3, 0.4) is 0 Å². The Kier molecular flexibility index (Phi) is 4.81. The first-order valence-corrected chi connectivity index (χ1v) is 7.89. The van der Waals surface area contributed by atoms with Crippen molar-refractivity contribution in [2.45, 2.75) is 0 Å². The second kappa shape index (κ2) is 7.20. The lowest BCUT2D eigenvalue weighted by Gasteiger charge is -2.13. The highest BCUT2D eigenvalue weighted by molar-refractivity contribution is 6.17. The number of aliphatic hydroxyl groups excluding tert-OH is 1. The number of aliphatic hydroxyl groups is 1. The van der Waals surface area contributed by atoms with Crippen molar-refractivity contribution in [1.29, 1.82) is 0 Å². The molecule has 2 aromatic carbocycles. The fourth-order valence-corrected chi connectivity index (χ4v) is 2.64. The molecule has 0 saturated carbocycles. The fourth-order valence-electron chi connectivity index (χ4n) is 2.64. The minimum atomic E-state index is -0.992. The van der Waals surface area contributed by atoms with Gasteiger partial charge in [-0.3, -0.25) is 14.5 Å². The Morgan fingerprint density at radius 1 is 1.04 bits per heavy atom. The Balaban J connectivity index is 1.76. The SMILES string of the molecule is O=C(O)c1cccc(-c2ccc(NC3=CC(=O)N(CCO)C3=O)cc2)c1. The number of carboxylic acids is 1. The third kappa shape index (κ3) is 3.47. The van der Waals surface area contributed by atoms with Gasteiger partial charge in [-0.05, 0) is 35.4 Å². The summed E-state index contributed by atoms with van der Waals surface area (Å²) in [4.78, 5) is 35.9. The molecule has 0 aliphatic carbocycles. The van der Waals surface area contributed by atoms with Gasteiger partial charge in [-0.2, -0.15) is 0 Å². The molecule has 2 aromatic rings. The molecule has 132 valence electrons. The maximum Gasteiger partial charge on any atom is 0.335 e. The second-order valence-electron chi connectivity index (χ2n) is 5.66. The van der Waals surface area contributed by atoms with Crippen LogP contribution in [0.5, 0.6) is 0 Å².